The van der Waals surface area contributed by atoms with Gasteiger partial charge in [0.05, 0.1) is 10.6 Å². The zero-order valence-electron chi connectivity index (χ0n) is 10.1. The fourth-order valence-electron chi connectivity index (χ4n) is 1.45. The van der Waals surface area contributed by atoms with Gasteiger partial charge in [0.1, 0.15) is 5.82 Å². The van der Waals surface area contributed by atoms with Gasteiger partial charge in [0.2, 0.25) is 0 Å². The second kappa shape index (κ2) is 6.24. The van der Waals surface area contributed by atoms with E-state index in [-0.39, 0.29) is 11.8 Å². The Kier molecular flexibility index (Phi) is 5.22. The second-order valence-corrected chi connectivity index (χ2v) is 5.44. The zero-order valence-corrected chi connectivity index (χ0v) is 12.5. The quantitative estimate of drug-likeness (QED) is 0.862. The number of hydrogen-bond acceptors (Lipinski definition) is 2. The minimum absolute atomic E-state index is 0.0619. The number of nitrogens with two attached hydrogens (primary N) is 1. The van der Waals surface area contributed by atoms with Crippen LogP contribution in [-0.4, -0.2) is 29.4 Å². The average Bonchev–Trinajstić information content (AvgIpc) is 2.27. The molecule has 18 heavy (non-hydrogen) atoms. The molecule has 0 aliphatic carbocycles. The van der Waals surface area contributed by atoms with Gasteiger partial charge in [-0.25, -0.2) is 4.39 Å². The van der Waals surface area contributed by atoms with Gasteiger partial charge in [0, 0.05) is 24.0 Å². The molecule has 0 radical (unpaired) electrons. The molecular weight excluding hydrogens is 319 g/mol. The number of rotatable bonds is 4. The number of carbonyl (C=O) groups is 1. The molecule has 6 heteroatoms. The molecule has 0 saturated heterocycles. The fourth-order valence-corrected chi connectivity index (χ4v) is 2.05. The molecule has 0 spiro atoms. The Morgan fingerprint density at radius 2 is 2.22 bits per heavy atom. The summed E-state index contributed by atoms with van der Waals surface area (Å²) >= 11 is 8.04. The van der Waals surface area contributed by atoms with Crippen LogP contribution in [0.2, 0.25) is 0 Å². The number of nitrogens with zero attached hydrogens (tertiary/aromatic N) is 1. The molecular formula is C12H14BrFN2OS. The summed E-state index contributed by atoms with van der Waals surface area (Å²) in [6.45, 7) is 2.28. The van der Waals surface area contributed by atoms with Crippen molar-refractivity contribution in [2.75, 3.05) is 13.6 Å². The third-order valence-electron chi connectivity index (χ3n) is 2.54. The summed E-state index contributed by atoms with van der Waals surface area (Å²) in [5.41, 5.74) is 5.92. The predicted molar refractivity (Wildman–Crippen MR) is 77.0 cm³/mol. The third kappa shape index (κ3) is 3.74. The summed E-state index contributed by atoms with van der Waals surface area (Å²) in [6.07, 6.45) is 0. The van der Waals surface area contributed by atoms with Crippen molar-refractivity contribution in [1.82, 2.24) is 4.90 Å². The summed E-state index contributed by atoms with van der Waals surface area (Å²) in [7, 11) is 1.66. The van der Waals surface area contributed by atoms with E-state index in [1.807, 2.05) is 6.92 Å². The van der Waals surface area contributed by atoms with E-state index in [4.69, 9.17) is 18.0 Å². The van der Waals surface area contributed by atoms with E-state index in [0.717, 1.165) is 0 Å². The third-order valence-corrected chi connectivity index (χ3v) is 3.60. The number of amides is 1. The van der Waals surface area contributed by atoms with Crippen LogP contribution < -0.4 is 5.73 Å². The lowest BCUT2D eigenvalue weighted by molar-refractivity contribution is 0.0786. The first kappa shape index (κ1) is 15.0. The van der Waals surface area contributed by atoms with Crippen LogP contribution in [0.15, 0.2) is 22.7 Å². The van der Waals surface area contributed by atoms with Gasteiger partial charge in [0.25, 0.3) is 5.91 Å². The first-order chi connectivity index (χ1) is 8.32. The molecule has 1 rings (SSSR count). The van der Waals surface area contributed by atoms with Gasteiger partial charge >= 0.3 is 0 Å². The number of halogens is 2. The van der Waals surface area contributed by atoms with Gasteiger partial charge in [-0.3, -0.25) is 4.79 Å². The maximum atomic E-state index is 12.9. The molecule has 3 nitrogen and oxygen atoms in total. The normalized spacial score (nSPS) is 12.0. The lowest BCUT2D eigenvalue weighted by Gasteiger charge is -2.21. The lowest BCUT2D eigenvalue weighted by atomic mass is 10.1. The van der Waals surface area contributed by atoms with E-state index in [2.05, 4.69) is 15.9 Å². The largest absolute Gasteiger partial charge is 0.393 e. The van der Waals surface area contributed by atoms with E-state index in [9.17, 15) is 9.18 Å². The topological polar surface area (TPSA) is 46.3 Å². The van der Waals surface area contributed by atoms with Gasteiger partial charge in [-0.05, 0) is 34.1 Å². The highest BCUT2D eigenvalue weighted by atomic mass is 79.9. The first-order valence-corrected chi connectivity index (χ1v) is 6.53. The minimum Gasteiger partial charge on any atom is -0.393 e. The Balaban J connectivity index is 2.83. The van der Waals surface area contributed by atoms with Crippen LogP contribution in [0.1, 0.15) is 17.3 Å². The lowest BCUT2D eigenvalue weighted by Crippen LogP contribution is -2.35. The molecule has 0 aliphatic rings. The van der Waals surface area contributed by atoms with Crippen LogP contribution in [0.25, 0.3) is 0 Å². The predicted octanol–water partition coefficient (Wildman–Crippen LogP) is 2.58. The fraction of sp³-hybridized carbons (Fsp3) is 0.333. The van der Waals surface area contributed by atoms with Crippen molar-refractivity contribution in [3.63, 3.8) is 0 Å². The molecule has 0 heterocycles. The molecule has 1 aromatic rings. The molecule has 0 aliphatic heterocycles. The Bertz CT molecular complexity index is 481. The van der Waals surface area contributed by atoms with Crippen LogP contribution >= 0.6 is 28.1 Å². The molecule has 0 fully saturated rings. The molecule has 98 valence electrons. The number of hydrogen-bond donors (Lipinski definition) is 1. The van der Waals surface area contributed by atoms with Gasteiger partial charge in [-0.2, -0.15) is 0 Å². The van der Waals surface area contributed by atoms with Crippen LogP contribution in [0.5, 0.6) is 0 Å². The Labute approximate surface area is 119 Å². The molecule has 0 bridgehead atoms. The number of benzene rings is 1. The molecule has 1 aromatic carbocycles. The molecule has 2 N–H and O–H groups in total. The van der Waals surface area contributed by atoms with Crippen molar-refractivity contribution < 1.29 is 9.18 Å². The Morgan fingerprint density at radius 3 is 2.72 bits per heavy atom. The minimum atomic E-state index is -0.391. The first-order valence-electron chi connectivity index (χ1n) is 5.32. The monoisotopic (exact) mass is 332 g/mol. The van der Waals surface area contributed by atoms with Crippen molar-refractivity contribution in [1.29, 1.82) is 0 Å². The Hall–Kier alpha value is -1.01. The SMILES string of the molecule is CC(CN(C)C(=O)c1ccc(F)cc1Br)C(N)=S. The van der Waals surface area contributed by atoms with Gasteiger partial charge < -0.3 is 10.6 Å². The van der Waals surface area contributed by atoms with Crippen molar-refractivity contribution >= 4 is 39.0 Å². The van der Waals surface area contributed by atoms with Crippen molar-refractivity contribution in [2.24, 2.45) is 11.7 Å². The number of thiocarbonyl (C=S) groups is 1. The molecule has 0 saturated carbocycles. The van der Waals surface area contributed by atoms with Crippen molar-refractivity contribution in [3.05, 3.63) is 34.1 Å². The van der Waals surface area contributed by atoms with Crippen LogP contribution in [0.3, 0.4) is 0 Å². The smallest absolute Gasteiger partial charge is 0.254 e. The molecule has 0 aromatic heterocycles. The highest BCUT2D eigenvalue weighted by Crippen LogP contribution is 2.19. The highest BCUT2D eigenvalue weighted by Gasteiger charge is 2.18. The maximum absolute atomic E-state index is 12.9. The average molecular weight is 333 g/mol. The summed E-state index contributed by atoms with van der Waals surface area (Å²) in [6, 6.07) is 3.96. The highest BCUT2D eigenvalue weighted by molar-refractivity contribution is 9.10. The van der Waals surface area contributed by atoms with E-state index >= 15 is 0 Å². The molecule has 1 unspecified atom stereocenters. The van der Waals surface area contributed by atoms with E-state index in [0.29, 0.717) is 21.6 Å². The van der Waals surface area contributed by atoms with Crippen LogP contribution in [0, 0.1) is 11.7 Å². The van der Waals surface area contributed by atoms with Crippen LogP contribution in [-0.2, 0) is 0 Å². The second-order valence-electron chi connectivity index (χ2n) is 4.11. The van der Waals surface area contributed by atoms with Crippen LogP contribution in [0.4, 0.5) is 4.39 Å². The van der Waals surface area contributed by atoms with Crippen molar-refractivity contribution in [2.45, 2.75) is 6.92 Å². The van der Waals surface area contributed by atoms with Gasteiger partial charge in [-0.15, -0.1) is 0 Å². The molecule has 1 amide bonds. The summed E-state index contributed by atoms with van der Waals surface area (Å²) in [5, 5.41) is 0. The summed E-state index contributed by atoms with van der Waals surface area (Å²) in [4.78, 5) is 14.0. The van der Waals surface area contributed by atoms with Crippen molar-refractivity contribution in [3.8, 4) is 0 Å². The summed E-state index contributed by atoms with van der Waals surface area (Å²) in [5.74, 6) is -0.657. The summed E-state index contributed by atoms with van der Waals surface area (Å²) < 4.78 is 13.4. The van der Waals surface area contributed by atoms with E-state index in [1.165, 1.54) is 23.1 Å². The maximum Gasteiger partial charge on any atom is 0.254 e. The Morgan fingerprint density at radius 1 is 1.61 bits per heavy atom. The molecule has 1 atom stereocenters. The van der Waals surface area contributed by atoms with Gasteiger partial charge in [-0.1, -0.05) is 19.1 Å². The van der Waals surface area contributed by atoms with E-state index < -0.39 is 5.82 Å². The van der Waals surface area contributed by atoms with Gasteiger partial charge in [0.15, 0.2) is 0 Å². The van der Waals surface area contributed by atoms with E-state index in [1.54, 1.807) is 7.05 Å². The standard InChI is InChI=1S/C12H14BrFN2OS/c1-7(11(15)18)6-16(2)12(17)9-4-3-8(14)5-10(9)13/h3-5,7H,6H2,1-2H3,(H2,15,18). The zero-order chi connectivity index (χ0) is 13.9. The number of carbonyl (C=O) groups excluding carboxylic acids is 1.